The summed E-state index contributed by atoms with van der Waals surface area (Å²) in [5.41, 5.74) is 0.275. The first-order chi connectivity index (χ1) is 7.26. The summed E-state index contributed by atoms with van der Waals surface area (Å²) in [6, 6.07) is 0. The van der Waals surface area contributed by atoms with Crippen molar-refractivity contribution in [3.05, 3.63) is 0 Å². The van der Waals surface area contributed by atoms with E-state index in [-0.39, 0.29) is 5.41 Å². The lowest BCUT2D eigenvalue weighted by Gasteiger charge is -2.29. The maximum absolute atomic E-state index is 9.13. The molecule has 0 amide bonds. The van der Waals surface area contributed by atoms with E-state index in [4.69, 9.17) is 9.84 Å². The van der Waals surface area contributed by atoms with Crippen LogP contribution in [0.3, 0.4) is 0 Å². The third-order valence-corrected chi connectivity index (χ3v) is 2.96. The Morgan fingerprint density at radius 1 is 1.20 bits per heavy atom. The lowest BCUT2D eigenvalue weighted by atomic mass is 10.1. The Hall–Kier alpha value is -0.120. The minimum Gasteiger partial charge on any atom is -0.396 e. The SMILES string of the molecule is CCC.OCC1(CN2CCOCC2)CC1. The Morgan fingerprint density at radius 3 is 2.13 bits per heavy atom. The Kier molecular flexibility index (Phi) is 5.58. The number of aliphatic hydroxyl groups is 1. The largest absolute Gasteiger partial charge is 0.396 e. The van der Waals surface area contributed by atoms with Crippen LogP contribution in [-0.2, 0) is 4.74 Å². The molecule has 0 aromatic heterocycles. The average Bonchev–Trinajstić information content (AvgIpc) is 3.01. The molecule has 15 heavy (non-hydrogen) atoms. The molecule has 0 aromatic rings. The predicted octanol–water partition coefficient (Wildman–Crippen LogP) is 1.51. The van der Waals surface area contributed by atoms with Gasteiger partial charge in [0.1, 0.15) is 0 Å². The molecule has 1 aliphatic heterocycles. The van der Waals surface area contributed by atoms with Crippen LogP contribution in [0.4, 0.5) is 0 Å². The molecule has 0 atom stereocenters. The number of ether oxygens (including phenoxy) is 1. The van der Waals surface area contributed by atoms with E-state index in [1.54, 1.807) is 0 Å². The van der Waals surface area contributed by atoms with E-state index in [1.807, 2.05) is 0 Å². The molecule has 1 N–H and O–H groups in total. The summed E-state index contributed by atoms with van der Waals surface area (Å²) < 4.78 is 5.26. The van der Waals surface area contributed by atoms with Crippen molar-refractivity contribution in [2.75, 3.05) is 39.5 Å². The predicted molar refractivity (Wildman–Crippen MR) is 62.0 cm³/mol. The van der Waals surface area contributed by atoms with E-state index in [0.717, 1.165) is 32.8 Å². The van der Waals surface area contributed by atoms with Crippen molar-refractivity contribution in [1.29, 1.82) is 0 Å². The highest BCUT2D eigenvalue weighted by Gasteiger charge is 2.43. The first-order valence-corrected chi connectivity index (χ1v) is 6.17. The van der Waals surface area contributed by atoms with Gasteiger partial charge in [0.15, 0.2) is 0 Å². The van der Waals surface area contributed by atoms with E-state index >= 15 is 0 Å². The fourth-order valence-electron chi connectivity index (χ4n) is 1.78. The quantitative estimate of drug-likeness (QED) is 0.774. The van der Waals surface area contributed by atoms with Crippen molar-refractivity contribution in [3.63, 3.8) is 0 Å². The lowest BCUT2D eigenvalue weighted by molar-refractivity contribution is 0.0222. The molecule has 0 radical (unpaired) electrons. The summed E-state index contributed by atoms with van der Waals surface area (Å²) in [5, 5.41) is 9.13. The number of morpholine rings is 1. The molecule has 1 heterocycles. The number of aliphatic hydroxyl groups excluding tert-OH is 1. The molecular formula is C12H25NO2. The van der Waals surface area contributed by atoms with Gasteiger partial charge in [0, 0.05) is 31.7 Å². The fraction of sp³-hybridized carbons (Fsp3) is 1.00. The number of hydrogen-bond donors (Lipinski definition) is 1. The zero-order chi connectivity index (χ0) is 11.1. The molecule has 0 spiro atoms. The zero-order valence-electron chi connectivity index (χ0n) is 10.2. The molecule has 2 fully saturated rings. The van der Waals surface area contributed by atoms with E-state index in [0.29, 0.717) is 6.61 Å². The summed E-state index contributed by atoms with van der Waals surface area (Å²) in [4.78, 5) is 2.41. The van der Waals surface area contributed by atoms with Crippen molar-refractivity contribution < 1.29 is 9.84 Å². The van der Waals surface area contributed by atoms with Gasteiger partial charge in [0.05, 0.1) is 13.2 Å². The summed E-state index contributed by atoms with van der Waals surface area (Å²) >= 11 is 0. The molecule has 2 rings (SSSR count). The normalized spacial score (nSPS) is 24.2. The summed E-state index contributed by atoms with van der Waals surface area (Å²) in [7, 11) is 0. The molecule has 1 saturated carbocycles. The van der Waals surface area contributed by atoms with Gasteiger partial charge in [-0.3, -0.25) is 4.90 Å². The van der Waals surface area contributed by atoms with Crippen molar-refractivity contribution in [2.24, 2.45) is 5.41 Å². The van der Waals surface area contributed by atoms with Crippen molar-refractivity contribution in [3.8, 4) is 0 Å². The second-order valence-electron chi connectivity index (χ2n) is 4.75. The summed E-state index contributed by atoms with van der Waals surface area (Å²) in [5.74, 6) is 0. The third-order valence-electron chi connectivity index (χ3n) is 2.96. The standard InChI is InChI=1S/C9H17NO2.C3H8/c11-8-9(1-2-9)7-10-3-5-12-6-4-10;1-3-2/h11H,1-8H2;3H2,1-2H3. The van der Waals surface area contributed by atoms with Crippen LogP contribution in [0.2, 0.25) is 0 Å². The van der Waals surface area contributed by atoms with Gasteiger partial charge in [-0.1, -0.05) is 20.3 Å². The minimum absolute atomic E-state index is 0.275. The molecule has 0 unspecified atom stereocenters. The van der Waals surface area contributed by atoms with Crippen molar-refractivity contribution in [2.45, 2.75) is 33.1 Å². The highest BCUT2D eigenvalue weighted by molar-refractivity contribution is 4.95. The summed E-state index contributed by atoms with van der Waals surface area (Å²) in [6.07, 6.45) is 3.67. The van der Waals surface area contributed by atoms with Gasteiger partial charge in [-0.15, -0.1) is 0 Å². The Morgan fingerprint density at radius 2 is 1.73 bits per heavy atom. The van der Waals surface area contributed by atoms with Gasteiger partial charge in [-0.2, -0.15) is 0 Å². The first kappa shape index (κ1) is 12.9. The lowest BCUT2D eigenvalue weighted by Crippen LogP contribution is -2.40. The van der Waals surface area contributed by atoms with Crippen LogP contribution in [0, 0.1) is 5.41 Å². The van der Waals surface area contributed by atoms with Gasteiger partial charge in [-0.25, -0.2) is 0 Å². The first-order valence-electron chi connectivity index (χ1n) is 6.17. The van der Waals surface area contributed by atoms with Crippen LogP contribution >= 0.6 is 0 Å². The van der Waals surface area contributed by atoms with E-state index in [9.17, 15) is 0 Å². The number of rotatable bonds is 3. The van der Waals surface area contributed by atoms with E-state index in [2.05, 4.69) is 18.7 Å². The molecule has 90 valence electrons. The minimum atomic E-state index is 0.275. The molecule has 2 aliphatic rings. The molecule has 3 nitrogen and oxygen atoms in total. The Bertz CT molecular complexity index is 163. The molecule has 0 aromatic carbocycles. The molecular weight excluding hydrogens is 190 g/mol. The molecule has 0 bridgehead atoms. The molecule has 3 heteroatoms. The van der Waals surface area contributed by atoms with E-state index in [1.165, 1.54) is 19.3 Å². The maximum Gasteiger partial charge on any atom is 0.0594 e. The van der Waals surface area contributed by atoms with Gasteiger partial charge < -0.3 is 9.84 Å². The van der Waals surface area contributed by atoms with Crippen molar-refractivity contribution >= 4 is 0 Å². The van der Waals surface area contributed by atoms with Crippen LogP contribution in [0.15, 0.2) is 0 Å². The summed E-state index contributed by atoms with van der Waals surface area (Å²) in [6.45, 7) is 9.50. The number of hydrogen-bond acceptors (Lipinski definition) is 3. The topological polar surface area (TPSA) is 32.7 Å². The molecule has 1 aliphatic carbocycles. The van der Waals surface area contributed by atoms with Crippen molar-refractivity contribution in [1.82, 2.24) is 4.90 Å². The van der Waals surface area contributed by atoms with Crippen LogP contribution in [0.1, 0.15) is 33.1 Å². The maximum atomic E-state index is 9.13. The number of nitrogens with zero attached hydrogens (tertiary/aromatic N) is 1. The monoisotopic (exact) mass is 215 g/mol. The molecule has 1 saturated heterocycles. The van der Waals surface area contributed by atoms with E-state index < -0.39 is 0 Å². The van der Waals surface area contributed by atoms with Gasteiger partial charge in [0.25, 0.3) is 0 Å². The highest BCUT2D eigenvalue weighted by Crippen LogP contribution is 2.45. The fourth-order valence-corrected chi connectivity index (χ4v) is 1.78. The van der Waals surface area contributed by atoms with Gasteiger partial charge >= 0.3 is 0 Å². The van der Waals surface area contributed by atoms with Crippen LogP contribution < -0.4 is 0 Å². The second-order valence-corrected chi connectivity index (χ2v) is 4.75. The smallest absolute Gasteiger partial charge is 0.0594 e. The average molecular weight is 215 g/mol. The van der Waals surface area contributed by atoms with Crippen LogP contribution in [0.25, 0.3) is 0 Å². The van der Waals surface area contributed by atoms with Crippen LogP contribution in [0.5, 0.6) is 0 Å². The zero-order valence-corrected chi connectivity index (χ0v) is 10.2. The third kappa shape index (κ3) is 4.49. The van der Waals surface area contributed by atoms with Crippen LogP contribution in [-0.4, -0.2) is 49.5 Å². The van der Waals surface area contributed by atoms with Gasteiger partial charge in [0.2, 0.25) is 0 Å². The Labute approximate surface area is 93.4 Å². The van der Waals surface area contributed by atoms with Gasteiger partial charge in [-0.05, 0) is 12.8 Å². The Balaban J connectivity index is 0.000000337. The second kappa shape index (κ2) is 6.46. The highest BCUT2D eigenvalue weighted by atomic mass is 16.5.